The Balaban J connectivity index is 2.27. The highest BCUT2D eigenvalue weighted by molar-refractivity contribution is 5.93. The maximum Gasteiger partial charge on any atom is 0.270 e. The summed E-state index contributed by atoms with van der Waals surface area (Å²) in [5.41, 5.74) is -0.363. The van der Waals surface area contributed by atoms with E-state index in [1.165, 1.54) is 10.6 Å². The fourth-order valence-corrected chi connectivity index (χ4v) is 1.65. The molecule has 1 amide bonds. The first-order valence-corrected chi connectivity index (χ1v) is 6.30. The van der Waals surface area contributed by atoms with E-state index in [-0.39, 0.29) is 18.7 Å². The van der Waals surface area contributed by atoms with Gasteiger partial charge in [0, 0.05) is 31.0 Å². The Kier molecular flexibility index (Phi) is 3.85. The number of fused-ring (bicyclic) bond motifs is 1. The molecule has 0 atom stereocenters. The van der Waals surface area contributed by atoms with Crippen molar-refractivity contribution in [3.63, 3.8) is 0 Å². The predicted octanol–water partition coefficient (Wildman–Crippen LogP) is 0.443. The van der Waals surface area contributed by atoms with Crippen LogP contribution in [0.3, 0.4) is 0 Å². The van der Waals surface area contributed by atoms with Crippen LogP contribution in [0.5, 0.6) is 0 Å². The van der Waals surface area contributed by atoms with Crippen LogP contribution in [0, 0.1) is 5.41 Å². The molecule has 0 aliphatic heterocycles. The van der Waals surface area contributed by atoms with E-state index in [0.717, 1.165) is 0 Å². The first-order chi connectivity index (χ1) is 9.44. The van der Waals surface area contributed by atoms with Crippen molar-refractivity contribution in [3.05, 3.63) is 46.5 Å². The highest BCUT2D eigenvalue weighted by atomic mass is 16.3. The van der Waals surface area contributed by atoms with Crippen LogP contribution in [0.15, 0.2) is 35.4 Å². The van der Waals surface area contributed by atoms with Crippen molar-refractivity contribution >= 4 is 11.6 Å². The molecule has 0 aliphatic rings. The predicted molar refractivity (Wildman–Crippen MR) is 74.7 cm³/mol. The summed E-state index contributed by atoms with van der Waals surface area (Å²) in [6, 6.07) is 5.16. The average molecular weight is 275 g/mol. The number of hydrogen-bond donors (Lipinski definition) is 2. The molecule has 0 fully saturated rings. The maximum absolute atomic E-state index is 12.2. The Morgan fingerprint density at radius 2 is 2.20 bits per heavy atom. The van der Waals surface area contributed by atoms with E-state index in [9.17, 15) is 9.59 Å². The van der Waals surface area contributed by atoms with E-state index in [1.807, 2.05) is 13.8 Å². The third-order valence-electron chi connectivity index (χ3n) is 3.01. The SMILES string of the molecule is CC(C)(CO)CNC(=O)c1cnc2ccccn2c1=O. The molecule has 0 radical (unpaired) electrons. The first-order valence-electron chi connectivity index (χ1n) is 6.30. The van der Waals surface area contributed by atoms with Gasteiger partial charge in [-0.1, -0.05) is 19.9 Å². The minimum atomic E-state index is -0.484. The Morgan fingerprint density at radius 3 is 2.90 bits per heavy atom. The molecule has 106 valence electrons. The smallest absolute Gasteiger partial charge is 0.270 e. The second-order valence-corrected chi connectivity index (χ2v) is 5.41. The molecule has 2 aromatic heterocycles. The quantitative estimate of drug-likeness (QED) is 0.848. The van der Waals surface area contributed by atoms with Gasteiger partial charge in [-0.3, -0.25) is 14.0 Å². The molecule has 2 N–H and O–H groups in total. The number of carbonyl (C=O) groups excluding carboxylic acids is 1. The summed E-state index contributed by atoms with van der Waals surface area (Å²) in [5, 5.41) is 11.8. The molecule has 2 rings (SSSR count). The number of amides is 1. The number of carbonyl (C=O) groups is 1. The zero-order valence-corrected chi connectivity index (χ0v) is 11.5. The van der Waals surface area contributed by atoms with Crippen molar-refractivity contribution in [2.24, 2.45) is 5.41 Å². The minimum Gasteiger partial charge on any atom is -0.396 e. The molecular weight excluding hydrogens is 258 g/mol. The molecule has 0 unspecified atom stereocenters. The lowest BCUT2D eigenvalue weighted by atomic mass is 9.95. The second kappa shape index (κ2) is 5.42. The third kappa shape index (κ3) is 2.85. The van der Waals surface area contributed by atoms with Gasteiger partial charge in [0.25, 0.3) is 11.5 Å². The van der Waals surface area contributed by atoms with Crippen molar-refractivity contribution in [2.75, 3.05) is 13.2 Å². The normalized spacial score (nSPS) is 11.6. The summed E-state index contributed by atoms with van der Waals surface area (Å²) in [6.45, 7) is 3.86. The highest BCUT2D eigenvalue weighted by Gasteiger charge is 2.19. The van der Waals surface area contributed by atoms with E-state index in [1.54, 1.807) is 24.4 Å². The number of hydrogen-bond acceptors (Lipinski definition) is 4. The molecule has 2 heterocycles. The minimum absolute atomic E-state index is 0.0116. The fourth-order valence-electron chi connectivity index (χ4n) is 1.65. The van der Waals surface area contributed by atoms with E-state index >= 15 is 0 Å². The molecule has 0 saturated heterocycles. The van der Waals surface area contributed by atoms with Crippen molar-refractivity contribution in [3.8, 4) is 0 Å². The molecule has 6 heteroatoms. The third-order valence-corrected chi connectivity index (χ3v) is 3.01. The lowest BCUT2D eigenvalue weighted by molar-refractivity contribution is 0.0909. The maximum atomic E-state index is 12.2. The molecule has 0 aliphatic carbocycles. The Bertz CT molecular complexity index is 691. The van der Waals surface area contributed by atoms with Crippen LogP contribution in [0.2, 0.25) is 0 Å². The number of aliphatic hydroxyl groups excluding tert-OH is 1. The van der Waals surface area contributed by atoms with Crippen LogP contribution < -0.4 is 10.9 Å². The van der Waals surface area contributed by atoms with Gasteiger partial charge in [0.15, 0.2) is 0 Å². The van der Waals surface area contributed by atoms with Gasteiger partial charge in [0.1, 0.15) is 11.2 Å². The number of aromatic nitrogens is 2. The van der Waals surface area contributed by atoms with Gasteiger partial charge in [-0.25, -0.2) is 4.98 Å². The molecule has 2 aromatic rings. The molecule has 0 spiro atoms. The number of nitrogens with zero attached hydrogens (tertiary/aromatic N) is 2. The molecule has 6 nitrogen and oxygen atoms in total. The standard InChI is InChI=1S/C14H17N3O3/c1-14(2,9-18)8-16-12(19)10-7-15-11-5-3-4-6-17(11)13(10)20/h3-7,18H,8-9H2,1-2H3,(H,16,19). The summed E-state index contributed by atoms with van der Waals surface area (Å²) < 4.78 is 1.33. The van der Waals surface area contributed by atoms with Crippen LogP contribution in [0.4, 0.5) is 0 Å². The van der Waals surface area contributed by atoms with Gasteiger partial charge >= 0.3 is 0 Å². The summed E-state index contributed by atoms with van der Waals surface area (Å²) in [4.78, 5) is 28.3. The van der Waals surface area contributed by atoms with Crippen LogP contribution in [0.25, 0.3) is 5.65 Å². The second-order valence-electron chi connectivity index (χ2n) is 5.41. The number of aliphatic hydroxyl groups is 1. The van der Waals surface area contributed by atoms with Crippen LogP contribution in [0.1, 0.15) is 24.2 Å². The summed E-state index contributed by atoms with van der Waals surface area (Å²) >= 11 is 0. The van der Waals surface area contributed by atoms with Crippen LogP contribution >= 0.6 is 0 Å². The van der Waals surface area contributed by atoms with E-state index < -0.39 is 16.9 Å². The molecule has 0 saturated carbocycles. The van der Waals surface area contributed by atoms with Gasteiger partial charge in [-0.05, 0) is 12.1 Å². The first kappa shape index (κ1) is 14.2. The van der Waals surface area contributed by atoms with Crippen LogP contribution in [-0.2, 0) is 0 Å². The van der Waals surface area contributed by atoms with Crippen LogP contribution in [-0.4, -0.2) is 33.6 Å². The van der Waals surface area contributed by atoms with Crippen molar-refractivity contribution in [1.82, 2.24) is 14.7 Å². The Hall–Kier alpha value is -2.21. The zero-order chi connectivity index (χ0) is 14.8. The van der Waals surface area contributed by atoms with Gasteiger partial charge < -0.3 is 10.4 Å². The largest absolute Gasteiger partial charge is 0.396 e. The van der Waals surface area contributed by atoms with Crippen molar-refractivity contribution < 1.29 is 9.90 Å². The lowest BCUT2D eigenvalue weighted by Gasteiger charge is -2.21. The monoisotopic (exact) mass is 275 g/mol. The number of pyridine rings is 1. The van der Waals surface area contributed by atoms with Crippen molar-refractivity contribution in [1.29, 1.82) is 0 Å². The van der Waals surface area contributed by atoms with E-state index in [0.29, 0.717) is 5.65 Å². The molecular formula is C14H17N3O3. The van der Waals surface area contributed by atoms with E-state index in [2.05, 4.69) is 10.3 Å². The zero-order valence-electron chi connectivity index (χ0n) is 11.5. The number of nitrogens with one attached hydrogen (secondary N) is 1. The van der Waals surface area contributed by atoms with Crippen molar-refractivity contribution in [2.45, 2.75) is 13.8 Å². The van der Waals surface area contributed by atoms with Gasteiger partial charge in [-0.15, -0.1) is 0 Å². The topological polar surface area (TPSA) is 83.7 Å². The Morgan fingerprint density at radius 1 is 1.45 bits per heavy atom. The van der Waals surface area contributed by atoms with E-state index in [4.69, 9.17) is 5.11 Å². The van der Waals surface area contributed by atoms with Gasteiger partial charge in [0.2, 0.25) is 0 Å². The highest BCUT2D eigenvalue weighted by Crippen LogP contribution is 2.11. The molecule has 0 bridgehead atoms. The van der Waals surface area contributed by atoms with Gasteiger partial charge in [0.05, 0.1) is 0 Å². The summed E-state index contributed by atoms with van der Waals surface area (Å²) in [6.07, 6.45) is 2.85. The summed E-state index contributed by atoms with van der Waals surface area (Å²) in [5.74, 6) is -0.484. The van der Waals surface area contributed by atoms with Gasteiger partial charge in [-0.2, -0.15) is 0 Å². The fraction of sp³-hybridized carbons (Fsp3) is 0.357. The molecule has 0 aromatic carbocycles. The Labute approximate surface area is 116 Å². The average Bonchev–Trinajstić information content (AvgIpc) is 2.45. The molecule has 20 heavy (non-hydrogen) atoms. The number of rotatable bonds is 4. The lowest BCUT2D eigenvalue weighted by Crippen LogP contribution is -2.38. The summed E-state index contributed by atoms with van der Waals surface area (Å²) in [7, 11) is 0.